The summed E-state index contributed by atoms with van der Waals surface area (Å²) < 4.78 is 1.74. The first-order valence-corrected chi connectivity index (χ1v) is 11.0. The van der Waals surface area contributed by atoms with Crippen LogP contribution in [0, 0.1) is 13.8 Å². The van der Waals surface area contributed by atoms with Crippen molar-refractivity contribution in [2.75, 3.05) is 10.6 Å². The van der Waals surface area contributed by atoms with Gasteiger partial charge < -0.3 is 5.32 Å². The van der Waals surface area contributed by atoms with Gasteiger partial charge in [0.1, 0.15) is 6.04 Å². The topological polar surface area (TPSA) is 71.8 Å². The van der Waals surface area contributed by atoms with Crippen LogP contribution in [0.15, 0.2) is 78.9 Å². The summed E-state index contributed by atoms with van der Waals surface area (Å²) in [6, 6.07) is 23.0. The molecule has 1 aromatic heterocycles. The quantitative estimate of drug-likeness (QED) is 0.352. The monoisotopic (exact) mass is 491 g/mol. The molecule has 4 aromatic rings. The first kappa shape index (κ1) is 23.5. The van der Waals surface area contributed by atoms with E-state index in [4.69, 9.17) is 11.6 Å². The Morgan fingerprint density at radius 1 is 1.00 bits per heavy atom. The van der Waals surface area contributed by atoms with Gasteiger partial charge in [-0.2, -0.15) is 4.98 Å². The fourth-order valence-corrected chi connectivity index (χ4v) is 4.09. The number of amides is 1. The highest BCUT2D eigenvalue weighted by atomic mass is 35.5. The largest absolute Gasteiger partial charge is 0.324 e. The molecule has 0 radical (unpaired) electrons. The van der Waals surface area contributed by atoms with Crippen molar-refractivity contribution in [2.45, 2.75) is 19.9 Å². The molecule has 0 aliphatic carbocycles. The minimum atomic E-state index is -0.289. The number of halogens is 2. The highest BCUT2D eigenvalue weighted by Gasteiger charge is 2.27. The summed E-state index contributed by atoms with van der Waals surface area (Å²) in [4.78, 5) is 17.3. The number of carbonyl (C=O) groups is 1. The standard InChI is InChI=1S/C26H22ClN5O.ClH/c1-16-10-12-18(13-11-16)22-15-23(20-8-3-4-9-21(20)27)32-26(28-22)30-25(31-32)29-24(33)19-7-5-6-17(2)14-19;/h3-15,23H,1-2H3,(H2,28,29,30,31,33);1H. The number of anilines is 2. The average Bonchev–Trinajstić information content (AvgIpc) is 3.21. The number of nitrogens with zero attached hydrogens (tertiary/aromatic N) is 3. The fourth-order valence-electron chi connectivity index (χ4n) is 3.84. The second kappa shape index (κ2) is 9.71. The first-order chi connectivity index (χ1) is 16.0. The number of nitrogens with one attached hydrogen (secondary N) is 2. The predicted molar refractivity (Wildman–Crippen MR) is 139 cm³/mol. The van der Waals surface area contributed by atoms with Crippen LogP contribution >= 0.6 is 24.0 Å². The van der Waals surface area contributed by atoms with Crippen molar-refractivity contribution in [3.63, 3.8) is 0 Å². The third-order valence-corrected chi connectivity index (χ3v) is 5.90. The summed E-state index contributed by atoms with van der Waals surface area (Å²) in [5, 5.41) is 11.4. The van der Waals surface area contributed by atoms with E-state index in [0.29, 0.717) is 16.5 Å². The van der Waals surface area contributed by atoms with Crippen LogP contribution in [-0.4, -0.2) is 20.7 Å². The van der Waals surface area contributed by atoms with Crippen LogP contribution in [0.25, 0.3) is 5.70 Å². The maximum Gasteiger partial charge on any atom is 0.258 e. The molecule has 2 heterocycles. The number of allylic oxidation sites excluding steroid dienone is 1. The van der Waals surface area contributed by atoms with Gasteiger partial charge in [0.2, 0.25) is 5.95 Å². The first-order valence-electron chi connectivity index (χ1n) is 10.6. The van der Waals surface area contributed by atoms with Crippen molar-refractivity contribution in [1.82, 2.24) is 14.8 Å². The molecule has 1 amide bonds. The molecule has 6 nitrogen and oxygen atoms in total. The molecule has 0 bridgehead atoms. The van der Waals surface area contributed by atoms with Crippen molar-refractivity contribution in [3.05, 3.63) is 112 Å². The molecule has 172 valence electrons. The molecule has 1 atom stereocenters. The van der Waals surface area contributed by atoms with Gasteiger partial charge in [0.25, 0.3) is 11.9 Å². The van der Waals surface area contributed by atoms with Gasteiger partial charge in [0, 0.05) is 16.3 Å². The van der Waals surface area contributed by atoms with Crippen LogP contribution in [0.4, 0.5) is 11.9 Å². The molecule has 1 unspecified atom stereocenters. The molecule has 2 N–H and O–H groups in total. The lowest BCUT2D eigenvalue weighted by Gasteiger charge is -2.25. The molecule has 34 heavy (non-hydrogen) atoms. The normalized spacial score (nSPS) is 14.3. The molecule has 8 heteroatoms. The van der Waals surface area contributed by atoms with Crippen molar-refractivity contribution in [1.29, 1.82) is 0 Å². The smallest absolute Gasteiger partial charge is 0.258 e. The zero-order valence-corrected chi connectivity index (χ0v) is 20.2. The Morgan fingerprint density at radius 3 is 2.50 bits per heavy atom. The van der Waals surface area contributed by atoms with E-state index in [0.717, 1.165) is 22.4 Å². The molecular weight excluding hydrogens is 469 g/mol. The summed E-state index contributed by atoms with van der Waals surface area (Å²) in [6.07, 6.45) is 2.07. The van der Waals surface area contributed by atoms with Gasteiger partial charge in [0.15, 0.2) is 0 Å². The predicted octanol–water partition coefficient (Wildman–Crippen LogP) is 6.28. The molecule has 3 aromatic carbocycles. The molecular formula is C26H23Cl2N5O. The Balaban J connectivity index is 0.00000274. The molecule has 5 rings (SSSR count). The number of aromatic nitrogens is 3. The fraction of sp³-hybridized carbons (Fsp3) is 0.115. The van der Waals surface area contributed by atoms with Gasteiger partial charge in [-0.1, -0.05) is 77.3 Å². The molecule has 0 fully saturated rings. The number of carbonyl (C=O) groups excluding carboxylic acids is 1. The number of benzene rings is 3. The Morgan fingerprint density at radius 2 is 1.76 bits per heavy atom. The minimum absolute atomic E-state index is 0. The highest BCUT2D eigenvalue weighted by Crippen LogP contribution is 2.36. The van der Waals surface area contributed by atoms with Gasteiger partial charge in [0.05, 0.1) is 0 Å². The number of fused-ring (bicyclic) bond motifs is 1. The van der Waals surface area contributed by atoms with Gasteiger partial charge in [-0.15, -0.1) is 17.5 Å². The average molecular weight is 492 g/mol. The Labute approximate surface area is 209 Å². The highest BCUT2D eigenvalue weighted by molar-refractivity contribution is 6.31. The Kier molecular flexibility index (Phi) is 6.72. The zero-order valence-electron chi connectivity index (χ0n) is 18.6. The molecule has 1 aliphatic heterocycles. The molecule has 0 spiro atoms. The van der Waals surface area contributed by atoms with Crippen LogP contribution in [0.3, 0.4) is 0 Å². The van der Waals surface area contributed by atoms with E-state index >= 15 is 0 Å². The Hall–Kier alpha value is -3.61. The van der Waals surface area contributed by atoms with Gasteiger partial charge in [-0.05, 0) is 49.2 Å². The lowest BCUT2D eigenvalue weighted by Crippen LogP contribution is -2.20. The van der Waals surface area contributed by atoms with Gasteiger partial charge >= 0.3 is 0 Å². The van der Waals surface area contributed by atoms with E-state index in [2.05, 4.69) is 58.0 Å². The third-order valence-electron chi connectivity index (χ3n) is 5.56. The van der Waals surface area contributed by atoms with Crippen molar-refractivity contribution >= 4 is 47.5 Å². The summed E-state index contributed by atoms with van der Waals surface area (Å²) in [7, 11) is 0. The van der Waals surface area contributed by atoms with Crippen LogP contribution in [0.5, 0.6) is 0 Å². The number of hydrogen-bond donors (Lipinski definition) is 2. The summed E-state index contributed by atoms with van der Waals surface area (Å²) in [5.74, 6) is 0.486. The number of rotatable bonds is 4. The summed E-state index contributed by atoms with van der Waals surface area (Å²) in [6.45, 7) is 4.00. The summed E-state index contributed by atoms with van der Waals surface area (Å²) >= 11 is 6.54. The molecule has 1 aliphatic rings. The third kappa shape index (κ3) is 4.69. The van der Waals surface area contributed by atoms with E-state index in [-0.39, 0.29) is 30.3 Å². The second-order valence-corrected chi connectivity index (χ2v) is 8.47. The number of aryl methyl sites for hydroxylation is 2. The van der Waals surface area contributed by atoms with Crippen LogP contribution in [0.2, 0.25) is 5.02 Å². The molecule has 0 saturated carbocycles. The van der Waals surface area contributed by atoms with E-state index in [9.17, 15) is 4.79 Å². The van der Waals surface area contributed by atoms with Crippen molar-refractivity contribution in [2.24, 2.45) is 0 Å². The maximum absolute atomic E-state index is 12.7. The van der Waals surface area contributed by atoms with E-state index < -0.39 is 0 Å². The summed E-state index contributed by atoms with van der Waals surface area (Å²) in [5.41, 5.74) is 5.56. The lowest BCUT2D eigenvalue weighted by atomic mass is 10.0. The van der Waals surface area contributed by atoms with Crippen LogP contribution in [-0.2, 0) is 0 Å². The van der Waals surface area contributed by atoms with Crippen LogP contribution in [0.1, 0.15) is 38.7 Å². The maximum atomic E-state index is 12.7. The van der Waals surface area contributed by atoms with E-state index in [1.54, 1.807) is 10.7 Å². The Bertz CT molecular complexity index is 1380. The van der Waals surface area contributed by atoms with Crippen molar-refractivity contribution < 1.29 is 4.79 Å². The van der Waals surface area contributed by atoms with E-state index in [1.807, 2.05) is 49.4 Å². The van der Waals surface area contributed by atoms with E-state index in [1.165, 1.54) is 5.56 Å². The minimum Gasteiger partial charge on any atom is -0.324 e. The number of hydrogen-bond acceptors (Lipinski definition) is 4. The van der Waals surface area contributed by atoms with Gasteiger partial charge in [-0.25, -0.2) is 4.68 Å². The second-order valence-electron chi connectivity index (χ2n) is 8.06. The lowest BCUT2D eigenvalue weighted by molar-refractivity contribution is 0.102. The van der Waals surface area contributed by atoms with Gasteiger partial charge in [-0.3, -0.25) is 10.1 Å². The van der Waals surface area contributed by atoms with Crippen molar-refractivity contribution in [3.8, 4) is 0 Å². The van der Waals surface area contributed by atoms with Crippen LogP contribution < -0.4 is 10.6 Å². The molecule has 0 saturated heterocycles. The SMILES string of the molecule is Cc1ccc(C2=CC(c3ccccc3Cl)n3nc(NC(=O)c4cccc(C)c4)nc3N2)cc1.Cl. The zero-order chi connectivity index (χ0) is 22.9.